The molecular formula is C15H10ClNO2. The summed E-state index contributed by atoms with van der Waals surface area (Å²) in [5, 5.41) is 9.13. The van der Waals surface area contributed by atoms with Gasteiger partial charge in [0.05, 0.1) is 16.7 Å². The van der Waals surface area contributed by atoms with Crippen LogP contribution in [-0.4, -0.2) is 6.29 Å². The molecule has 0 aliphatic heterocycles. The van der Waals surface area contributed by atoms with Crippen molar-refractivity contribution in [2.75, 3.05) is 0 Å². The van der Waals surface area contributed by atoms with Crippen LogP contribution in [0.2, 0.25) is 5.02 Å². The van der Waals surface area contributed by atoms with Crippen molar-refractivity contribution in [3.05, 3.63) is 58.1 Å². The van der Waals surface area contributed by atoms with Gasteiger partial charge in [-0.3, -0.25) is 4.79 Å². The number of carbonyl (C=O) groups excluding carboxylic acids is 1. The topological polar surface area (TPSA) is 50.1 Å². The summed E-state index contributed by atoms with van der Waals surface area (Å²) in [7, 11) is 0. The molecule has 2 rings (SSSR count). The molecule has 19 heavy (non-hydrogen) atoms. The zero-order valence-electron chi connectivity index (χ0n) is 10.2. The van der Waals surface area contributed by atoms with Crippen LogP contribution in [0.5, 0.6) is 11.5 Å². The predicted octanol–water partition coefficient (Wildman–Crippen LogP) is 4.12. The lowest BCUT2D eigenvalue weighted by Gasteiger charge is -2.09. The van der Waals surface area contributed by atoms with E-state index in [4.69, 9.17) is 21.6 Å². The number of benzene rings is 2. The molecule has 2 aromatic carbocycles. The molecule has 0 aromatic heterocycles. The molecule has 0 fully saturated rings. The molecule has 3 nitrogen and oxygen atoms in total. The predicted molar refractivity (Wildman–Crippen MR) is 72.8 cm³/mol. The second kappa shape index (κ2) is 5.55. The minimum atomic E-state index is 0.371. The van der Waals surface area contributed by atoms with Crippen LogP contribution in [0.1, 0.15) is 21.5 Å². The van der Waals surface area contributed by atoms with Crippen molar-refractivity contribution >= 4 is 17.9 Å². The van der Waals surface area contributed by atoms with E-state index < -0.39 is 0 Å². The molecule has 0 unspecified atom stereocenters. The van der Waals surface area contributed by atoms with E-state index in [2.05, 4.69) is 0 Å². The van der Waals surface area contributed by atoms with E-state index in [1.165, 1.54) is 0 Å². The molecule has 4 heteroatoms. The Hall–Kier alpha value is -2.31. The van der Waals surface area contributed by atoms with Gasteiger partial charge in [-0.15, -0.1) is 0 Å². The first-order valence-corrected chi connectivity index (χ1v) is 5.95. The molecule has 0 atom stereocenters. The third-order valence-corrected chi connectivity index (χ3v) is 2.95. The van der Waals surface area contributed by atoms with Crippen molar-refractivity contribution in [2.24, 2.45) is 0 Å². The molecular weight excluding hydrogens is 262 g/mol. The standard InChI is InChI=1S/C15H10ClNO2/c1-10-6-13(4-3-12(10)9-18)19-15-5-2-11(8-17)7-14(15)16/h2-7,9H,1H3. The van der Waals surface area contributed by atoms with Crippen molar-refractivity contribution in [1.29, 1.82) is 5.26 Å². The largest absolute Gasteiger partial charge is 0.456 e. The molecule has 0 N–H and O–H groups in total. The highest BCUT2D eigenvalue weighted by atomic mass is 35.5. The number of hydrogen-bond acceptors (Lipinski definition) is 3. The summed E-state index contributed by atoms with van der Waals surface area (Å²) >= 11 is 6.02. The minimum Gasteiger partial charge on any atom is -0.456 e. The van der Waals surface area contributed by atoms with E-state index in [-0.39, 0.29) is 0 Å². The lowest BCUT2D eigenvalue weighted by Crippen LogP contribution is -1.90. The van der Waals surface area contributed by atoms with E-state index in [0.29, 0.717) is 27.6 Å². The Bertz CT molecular complexity index is 674. The minimum absolute atomic E-state index is 0.371. The SMILES string of the molecule is Cc1cc(Oc2ccc(C#N)cc2Cl)ccc1C=O. The number of ether oxygens (including phenoxy) is 1. The van der Waals surface area contributed by atoms with Gasteiger partial charge in [-0.1, -0.05) is 11.6 Å². The van der Waals surface area contributed by atoms with Crippen molar-refractivity contribution in [2.45, 2.75) is 6.92 Å². The van der Waals surface area contributed by atoms with Crippen LogP contribution in [-0.2, 0) is 0 Å². The highest BCUT2D eigenvalue weighted by Gasteiger charge is 2.06. The molecule has 0 spiro atoms. The number of aldehydes is 1. The number of aryl methyl sites for hydroxylation is 1. The monoisotopic (exact) mass is 271 g/mol. The van der Waals surface area contributed by atoms with Gasteiger partial charge in [0.1, 0.15) is 17.8 Å². The summed E-state index contributed by atoms with van der Waals surface area (Å²) in [5.41, 5.74) is 1.93. The van der Waals surface area contributed by atoms with Gasteiger partial charge in [0.15, 0.2) is 0 Å². The highest BCUT2D eigenvalue weighted by molar-refractivity contribution is 6.32. The Morgan fingerprint density at radius 1 is 1.26 bits per heavy atom. The third kappa shape index (κ3) is 2.93. The molecule has 0 aliphatic rings. The first kappa shape index (κ1) is 13.1. The maximum absolute atomic E-state index is 10.7. The first-order chi connectivity index (χ1) is 9.13. The average molecular weight is 272 g/mol. The van der Waals surface area contributed by atoms with Gasteiger partial charge in [0.2, 0.25) is 0 Å². The van der Waals surface area contributed by atoms with E-state index in [9.17, 15) is 4.79 Å². The van der Waals surface area contributed by atoms with E-state index in [1.54, 1.807) is 36.4 Å². The molecule has 94 valence electrons. The maximum Gasteiger partial charge on any atom is 0.150 e. The van der Waals surface area contributed by atoms with Gasteiger partial charge in [-0.2, -0.15) is 5.26 Å². The Morgan fingerprint density at radius 2 is 2.05 bits per heavy atom. The average Bonchev–Trinajstić information content (AvgIpc) is 2.41. The molecule has 0 amide bonds. The molecule has 0 bridgehead atoms. The molecule has 0 saturated heterocycles. The van der Waals surface area contributed by atoms with Gasteiger partial charge in [0, 0.05) is 5.56 Å². The van der Waals surface area contributed by atoms with Gasteiger partial charge < -0.3 is 4.74 Å². The fourth-order valence-electron chi connectivity index (χ4n) is 1.62. The van der Waals surface area contributed by atoms with Crippen LogP contribution in [0.3, 0.4) is 0 Å². The zero-order chi connectivity index (χ0) is 13.8. The van der Waals surface area contributed by atoms with Gasteiger partial charge in [-0.05, 0) is 48.9 Å². The Balaban J connectivity index is 2.29. The second-order valence-corrected chi connectivity index (χ2v) is 4.40. The van der Waals surface area contributed by atoms with Crippen molar-refractivity contribution in [3.8, 4) is 17.6 Å². The fourth-order valence-corrected chi connectivity index (χ4v) is 1.84. The quantitative estimate of drug-likeness (QED) is 0.789. The zero-order valence-corrected chi connectivity index (χ0v) is 10.9. The number of nitrogens with zero attached hydrogens (tertiary/aromatic N) is 1. The van der Waals surface area contributed by atoms with Gasteiger partial charge in [-0.25, -0.2) is 0 Å². The lowest BCUT2D eigenvalue weighted by molar-refractivity contribution is 0.112. The summed E-state index contributed by atoms with van der Waals surface area (Å²) in [6.07, 6.45) is 0.799. The second-order valence-electron chi connectivity index (χ2n) is 4.00. The van der Waals surface area contributed by atoms with Crippen molar-refractivity contribution in [1.82, 2.24) is 0 Å². The Labute approximate surface area is 116 Å². The van der Waals surface area contributed by atoms with E-state index >= 15 is 0 Å². The molecule has 0 saturated carbocycles. The van der Waals surface area contributed by atoms with Crippen molar-refractivity contribution in [3.63, 3.8) is 0 Å². The van der Waals surface area contributed by atoms with E-state index in [0.717, 1.165) is 11.8 Å². The van der Waals surface area contributed by atoms with Crippen LogP contribution in [0.4, 0.5) is 0 Å². The number of hydrogen-bond donors (Lipinski definition) is 0. The van der Waals surface area contributed by atoms with Crippen LogP contribution in [0, 0.1) is 18.3 Å². The third-order valence-electron chi connectivity index (χ3n) is 2.66. The summed E-state index contributed by atoms with van der Waals surface area (Å²) in [4.78, 5) is 10.7. The Morgan fingerprint density at radius 3 is 2.63 bits per heavy atom. The maximum atomic E-state index is 10.7. The van der Waals surface area contributed by atoms with Gasteiger partial charge in [0.25, 0.3) is 0 Å². The smallest absolute Gasteiger partial charge is 0.150 e. The summed E-state index contributed by atoms with van der Waals surface area (Å²) < 4.78 is 5.63. The number of nitriles is 1. The molecule has 0 radical (unpaired) electrons. The van der Waals surface area contributed by atoms with Crippen LogP contribution < -0.4 is 4.74 Å². The normalized spacial score (nSPS) is 9.74. The molecule has 0 heterocycles. The summed E-state index contributed by atoms with van der Waals surface area (Å²) in [5.74, 6) is 1.06. The van der Waals surface area contributed by atoms with Crippen LogP contribution in [0.25, 0.3) is 0 Å². The number of halogens is 1. The highest BCUT2D eigenvalue weighted by Crippen LogP contribution is 2.30. The first-order valence-electron chi connectivity index (χ1n) is 5.57. The van der Waals surface area contributed by atoms with E-state index in [1.807, 2.05) is 13.0 Å². The number of rotatable bonds is 3. The van der Waals surface area contributed by atoms with Crippen LogP contribution in [0.15, 0.2) is 36.4 Å². The Kier molecular flexibility index (Phi) is 3.84. The summed E-state index contributed by atoms with van der Waals surface area (Å²) in [6, 6.07) is 12.0. The lowest BCUT2D eigenvalue weighted by atomic mass is 10.1. The fraction of sp³-hybridized carbons (Fsp3) is 0.0667. The molecule has 0 aliphatic carbocycles. The van der Waals surface area contributed by atoms with Crippen molar-refractivity contribution < 1.29 is 9.53 Å². The number of carbonyl (C=O) groups is 1. The van der Waals surface area contributed by atoms with Crippen LogP contribution >= 0.6 is 11.6 Å². The molecule has 2 aromatic rings. The summed E-state index contributed by atoms with van der Waals surface area (Å²) in [6.45, 7) is 1.83. The van der Waals surface area contributed by atoms with Gasteiger partial charge >= 0.3 is 0 Å².